The fourth-order valence-corrected chi connectivity index (χ4v) is 3.71. The second-order valence-corrected chi connectivity index (χ2v) is 8.05. The first-order valence-corrected chi connectivity index (χ1v) is 11.6. The Hall–Kier alpha value is -2.95. The van der Waals surface area contributed by atoms with Crippen molar-refractivity contribution in [2.75, 3.05) is 73.4 Å². The van der Waals surface area contributed by atoms with Crippen molar-refractivity contribution in [1.82, 2.24) is 19.9 Å². The maximum Gasteiger partial charge on any atom is 0.232 e. The third-order valence-electron chi connectivity index (χ3n) is 5.22. The average molecular weight is 473 g/mol. The predicted octanol–water partition coefficient (Wildman–Crippen LogP) is 2.62. The number of unbranched alkanes of at least 4 members (excludes halogenated alkanes) is 1. The molecule has 11 heteroatoms. The molecule has 0 amide bonds. The van der Waals surface area contributed by atoms with Crippen LogP contribution in [0.5, 0.6) is 0 Å². The van der Waals surface area contributed by atoms with E-state index < -0.39 is 0 Å². The smallest absolute Gasteiger partial charge is 0.232 e. The Labute approximate surface area is 197 Å². The Morgan fingerprint density at radius 3 is 2.42 bits per heavy atom. The number of nitrogens with one attached hydrogen (secondary N) is 3. The largest absolute Gasteiger partial charge is 0.395 e. The minimum atomic E-state index is 0.00807. The lowest BCUT2D eigenvalue weighted by atomic mass is 10.2. The molecule has 1 saturated heterocycles. The number of ether oxygens (including phenoxy) is 1. The van der Waals surface area contributed by atoms with Crippen LogP contribution in [0.4, 0.5) is 23.5 Å². The van der Waals surface area contributed by atoms with E-state index in [1.165, 1.54) is 0 Å². The lowest BCUT2D eigenvalue weighted by Crippen LogP contribution is -2.37. The van der Waals surface area contributed by atoms with Gasteiger partial charge < -0.3 is 30.7 Å². The molecular formula is C22H29ClN8O2. The minimum absolute atomic E-state index is 0.00807. The van der Waals surface area contributed by atoms with Crippen molar-refractivity contribution in [3.8, 4) is 0 Å². The Bertz CT molecular complexity index is 1050. The molecule has 1 aromatic carbocycles. The number of benzene rings is 1. The molecule has 10 nitrogen and oxygen atoms in total. The highest BCUT2D eigenvalue weighted by atomic mass is 35.5. The zero-order valence-corrected chi connectivity index (χ0v) is 19.2. The molecule has 1 fully saturated rings. The van der Waals surface area contributed by atoms with Crippen LogP contribution in [-0.2, 0) is 4.74 Å². The average Bonchev–Trinajstić information content (AvgIpc) is 2.85. The normalized spacial score (nSPS) is 13.8. The van der Waals surface area contributed by atoms with Crippen molar-refractivity contribution >= 4 is 46.0 Å². The molecule has 1 aliphatic heterocycles. The number of anilines is 4. The monoisotopic (exact) mass is 472 g/mol. The summed E-state index contributed by atoms with van der Waals surface area (Å²) in [6.45, 7) is 4.75. The van der Waals surface area contributed by atoms with Gasteiger partial charge in [-0.1, -0.05) is 11.6 Å². The van der Waals surface area contributed by atoms with E-state index >= 15 is 0 Å². The number of aromatic nitrogens is 4. The molecule has 4 N–H and O–H groups in total. The van der Waals surface area contributed by atoms with Crippen molar-refractivity contribution in [2.24, 2.45) is 0 Å². The summed E-state index contributed by atoms with van der Waals surface area (Å²) in [4.78, 5) is 19.9. The highest BCUT2D eigenvalue weighted by Crippen LogP contribution is 2.24. The summed E-state index contributed by atoms with van der Waals surface area (Å²) >= 11 is 6.07. The van der Waals surface area contributed by atoms with E-state index in [4.69, 9.17) is 21.4 Å². The van der Waals surface area contributed by atoms with Crippen LogP contribution in [0.25, 0.3) is 10.9 Å². The van der Waals surface area contributed by atoms with Gasteiger partial charge in [-0.2, -0.15) is 15.0 Å². The summed E-state index contributed by atoms with van der Waals surface area (Å²) in [6, 6.07) is 7.72. The van der Waals surface area contributed by atoms with E-state index in [-0.39, 0.29) is 6.61 Å². The summed E-state index contributed by atoms with van der Waals surface area (Å²) in [5, 5.41) is 20.7. The number of nitrogens with zero attached hydrogens (tertiary/aromatic N) is 5. The Kier molecular flexibility index (Phi) is 8.29. The fourth-order valence-electron chi connectivity index (χ4n) is 3.54. The Morgan fingerprint density at radius 2 is 1.67 bits per heavy atom. The number of fused-ring (bicyclic) bond motifs is 1. The molecule has 3 heterocycles. The van der Waals surface area contributed by atoms with Gasteiger partial charge in [0.2, 0.25) is 17.8 Å². The summed E-state index contributed by atoms with van der Waals surface area (Å²) in [6.07, 6.45) is 3.71. The second kappa shape index (κ2) is 11.8. The number of aliphatic hydroxyl groups is 1. The van der Waals surface area contributed by atoms with Gasteiger partial charge in [-0.25, -0.2) is 0 Å². The molecule has 0 aliphatic carbocycles. The van der Waals surface area contributed by atoms with Gasteiger partial charge in [-0.15, -0.1) is 0 Å². The maximum atomic E-state index is 9.10. The first kappa shape index (κ1) is 23.2. The van der Waals surface area contributed by atoms with Crippen LogP contribution in [0, 0.1) is 0 Å². The summed E-state index contributed by atoms with van der Waals surface area (Å²) in [5.74, 6) is 1.59. The van der Waals surface area contributed by atoms with Gasteiger partial charge in [0, 0.05) is 55.0 Å². The van der Waals surface area contributed by atoms with E-state index in [1.807, 2.05) is 24.3 Å². The van der Waals surface area contributed by atoms with E-state index in [1.54, 1.807) is 6.20 Å². The van der Waals surface area contributed by atoms with E-state index in [0.717, 1.165) is 55.6 Å². The van der Waals surface area contributed by atoms with Gasteiger partial charge in [0.05, 0.1) is 25.3 Å². The van der Waals surface area contributed by atoms with Gasteiger partial charge >= 0.3 is 0 Å². The van der Waals surface area contributed by atoms with Gasteiger partial charge in [0.1, 0.15) is 0 Å². The van der Waals surface area contributed by atoms with Crippen molar-refractivity contribution < 1.29 is 9.84 Å². The molecule has 0 saturated carbocycles. The highest BCUT2D eigenvalue weighted by molar-refractivity contribution is 6.31. The first-order chi connectivity index (χ1) is 16.2. The number of pyridine rings is 1. The zero-order valence-electron chi connectivity index (χ0n) is 18.4. The fraction of sp³-hybridized carbons (Fsp3) is 0.455. The SMILES string of the molecule is OCCNc1nc(NCCCCNc2ccnc3cc(Cl)ccc23)nc(N2CCOCC2)n1. The number of hydrogen-bond donors (Lipinski definition) is 4. The van der Waals surface area contributed by atoms with E-state index in [2.05, 4.69) is 40.8 Å². The minimum Gasteiger partial charge on any atom is -0.395 e. The highest BCUT2D eigenvalue weighted by Gasteiger charge is 2.16. The summed E-state index contributed by atoms with van der Waals surface area (Å²) in [5.41, 5.74) is 1.93. The number of aliphatic hydroxyl groups excluding tert-OH is 1. The van der Waals surface area contributed by atoms with Crippen LogP contribution < -0.4 is 20.9 Å². The van der Waals surface area contributed by atoms with Crippen LogP contribution in [0.15, 0.2) is 30.5 Å². The van der Waals surface area contributed by atoms with Crippen LogP contribution in [0.1, 0.15) is 12.8 Å². The summed E-state index contributed by atoms with van der Waals surface area (Å²) in [7, 11) is 0. The quantitative estimate of drug-likeness (QED) is 0.310. The molecule has 0 unspecified atom stereocenters. The Morgan fingerprint density at radius 1 is 0.939 bits per heavy atom. The molecule has 176 valence electrons. The van der Waals surface area contributed by atoms with Crippen molar-refractivity contribution in [2.45, 2.75) is 12.8 Å². The standard InChI is InChI=1S/C22H29ClN8O2/c23-16-3-4-17-18(5-8-25-19(17)15-16)24-6-1-2-7-26-20-28-21(27-9-12-32)30-22(29-20)31-10-13-33-14-11-31/h3-5,8,15,32H,1-2,6-7,9-14H2,(H,24,25)(H2,26,27,28,29,30). The maximum absolute atomic E-state index is 9.10. The lowest BCUT2D eigenvalue weighted by Gasteiger charge is -2.27. The van der Waals surface area contributed by atoms with Crippen LogP contribution in [0.2, 0.25) is 5.02 Å². The third-order valence-corrected chi connectivity index (χ3v) is 5.45. The number of halogens is 1. The summed E-state index contributed by atoms with van der Waals surface area (Å²) < 4.78 is 5.42. The van der Waals surface area contributed by atoms with Gasteiger partial charge in [0.25, 0.3) is 0 Å². The number of hydrogen-bond acceptors (Lipinski definition) is 10. The second-order valence-electron chi connectivity index (χ2n) is 7.61. The molecule has 0 spiro atoms. The number of rotatable bonds is 11. The number of morpholine rings is 1. The molecular weight excluding hydrogens is 444 g/mol. The van der Waals surface area contributed by atoms with Crippen molar-refractivity contribution in [1.29, 1.82) is 0 Å². The molecule has 0 radical (unpaired) electrons. The van der Waals surface area contributed by atoms with Crippen molar-refractivity contribution in [3.63, 3.8) is 0 Å². The molecule has 4 rings (SSSR count). The van der Waals surface area contributed by atoms with Gasteiger partial charge in [-0.3, -0.25) is 4.98 Å². The van der Waals surface area contributed by atoms with Crippen LogP contribution in [-0.4, -0.2) is 77.6 Å². The third kappa shape index (κ3) is 6.53. The molecule has 3 aromatic rings. The van der Waals surface area contributed by atoms with Gasteiger partial charge in [0.15, 0.2) is 0 Å². The van der Waals surface area contributed by atoms with Crippen LogP contribution >= 0.6 is 11.6 Å². The zero-order chi connectivity index (χ0) is 22.9. The first-order valence-electron chi connectivity index (χ1n) is 11.2. The molecule has 2 aromatic heterocycles. The molecule has 0 atom stereocenters. The molecule has 33 heavy (non-hydrogen) atoms. The van der Waals surface area contributed by atoms with E-state index in [9.17, 15) is 0 Å². The van der Waals surface area contributed by atoms with Crippen LogP contribution in [0.3, 0.4) is 0 Å². The van der Waals surface area contributed by atoms with Gasteiger partial charge in [-0.05, 0) is 37.1 Å². The molecule has 1 aliphatic rings. The Balaban J connectivity index is 1.28. The lowest BCUT2D eigenvalue weighted by molar-refractivity contribution is 0.122. The van der Waals surface area contributed by atoms with Crippen molar-refractivity contribution in [3.05, 3.63) is 35.5 Å². The molecule has 0 bridgehead atoms. The predicted molar refractivity (Wildman–Crippen MR) is 131 cm³/mol. The van der Waals surface area contributed by atoms with E-state index in [0.29, 0.717) is 42.6 Å². The topological polar surface area (TPSA) is 120 Å².